The Morgan fingerprint density at radius 3 is 2.08 bits per heavy atom. The van der Waals surface area contributed by atoms with Crippen molar-refractivity contribution < 1.29 is 15.0 Å². The van der Waals surface area contributed by atoms with Crippen LogP contribution in [0.5, 0.6) is 0 Å². The molecule has 0 fully saturated rings. The maximum absolute atomic E-state index is 8.56. The van der Waals surface area contributed by atoms with Crippen molar-refractivity contribution in [2.24, 2.45) is 0 Å². The molecule has 1 rings (SSSR count). The van der Waals surface area contributed by atoms with Gasteiger partial charge in [-0.25, -0.2) is 4.79 Å². The Labute approximate surface area is 75.6 Å². The molecule has 0 amide bonds. The van der Waals surface area contributed by atoms with Gasteiger partial charge in [-0.2, -0.15) is 0 Å². The Kier molecular flexibility index (Phi) is 4.15. The van der Waals surface area contributed by atoms with E-state index in [0.717, 1.165) is 5.56 Å². The summed E-state index contributed by atoms with van der Waals surface area (Å²) in [6, 6.07) is 5.62. The van der Waals surface area contributed by atoms with Crippen LogP contribution in [0.3, 0.4) is 0 Å². The molecular formula is C8H12N2O3. The van der Waals surface area contributed by atoms with Gasteiger partial charge in [-0.15, -0.1) is 0 Å². The van der Waals surface area contributed by atoms with Crippen molar-refractivity contribution in [1.82, 2.24) is 0 Å². The molecule has 5 heteroatoms. The van der Waals surface area contributed by atoms with Crippen LogP contribution in [-0.2, 0) is 0 Å². The molecule has 0 saturated carbocycles. The van der Waals surface area contributed by atoms with Crippen molar-refractivity contribution in [3.63, 3.8) is 0 Å². The first-order valence-corrected chi connectivity index (χ1v) is 3.47. The third kappa shape index (κ3) is 4.52. The third-order valence-electron chi connectivity index (χ3n) is 1.36. The first-order valence-electron chi connectivity index (χ1n) is 3.47. The average Bonchev–Trinajstić information content (AvgIpc) is 1.99. The van der Waals surface area contributed by atoms with Crippen molar-refractivity contribution in [1.29, 1.82) is 0 Å². The lowest BCUT2D eigenvalue weighted by molar-refractivity contribution is 0.137. The molecule has 0 aliphatic rings. The quantitative estimate of drug-likeness (QED) is 0.455. The molecule has 0 saturated heterocycles. The van der Waals surface area contributed by atoms with E-state index >= 15 is 0 Å². The molecule has 0 spiro atoms. The summed E-state index contributed by atoms with van der Waals surface area (Å²) < 4.78 is 0. The number of para-hydroxylation sites is 1. The summed E-state index contributed by atoms with van der Waals surface area (Å²) in [7, 11) is 0. The van der Waals surface area contributed by atoms with E-state index in [-0.39, 0.29) is 0 Å². The molecule has 0 aliphatic carbocycles. The zero-order valence-corrected chi connectivity index (χ0v) is 7.19. The lowest BCUT2D eigenvalue weighted by Crippen LogP contribution is -1.95. The second kappa shape index (κ2) is 4.87. The van der Waals surface area contributed by atoms with Crippen LogP contribution in [0.25, 0.3) is 0 Å². The molecule has 0 aliphatic heterocycles. The third-order valence-corrected chi connectivity index (χ3v) is 1.36. The van der Waals surface area contributed by atoms with Gasteiger partial charge in [0.05, 0.1) is 11.4 Å². The zero-order valence-electron chi connectivity index (χ0n) is 7.19. The number of anilines is 2. The number of nitrogen functional groups attached to an aromatic ring is 2. The predicted molar refractivity (Wildman–Crippen MR) is 50.7 cm³/mol. The Morgan fingerprint density at radius 2 is 1.77 bits per heavy atom. The van der Waals surface area contributed by atoms with Crippen LogP contribution >= 0.6 is 0 Å². The maximum Gasteiger partial charge on any atom is 0.503 e. The van der Waals surface area contributed by atoms with Gasteiger partial charge in [-0.1, -0.05) is 12.1 Å². The van der Waals surface area contributed by atoms with Gasteiger partial charge < -0.3 is 21.7 Å². The summed E-state index contributed by atoms with van der Waals surface area (Å²) in [5, 5.41) is 13.9. The number of carbonyl (C=O) groups is 1. The summed E-state index contributed by atoms with van der Waals surface area (Å²) >= 11 is 0. The first-order chi connectivity index (χ1) is 5.95. The minimum absolute atomic E-state index is 0.662. The van der Waals surface area contributed by atoms with Crippen molar-refractivity contribution in [3.8, 4) is 0 Å². The first kappa shape index (κ1) is 11.1. The van der Waals surface area contributed by atoms with Crippen molar-refractivity contribution in [2.75, 3.05) is 11.5 Å². The smallest absolute Gasteiger partial charge is 0.450 e. The van der Waals surface area contributed by atoms with Crippen LogP contribution in [-0.4, -0.2) is 16.4 Å². The predicted octanol–water partition coefficient (Wildman–Crippen LogP) is 1.38. The summed E-state index contributed by atoms with van der Waals surface area (Å²) in [5.74, 6) is 0. The monoisotopic (exact) mass is 184 g/mol. The highest BCUT2D eigenvalue weighted by Crippen LogP contribution is 2.17. The molecule has 1 aromatic carbocycles. The summed E-state index contributed by atoms with van der Waals surface area (Å²) in [4.78, 5) is 8.56. The molecule has 0 unspecified atom stereocenters. The Hall–Kier alpha value is -1.91. The van der Waals surface area contributed by atoms with Gasteiger partial charge in [-0.3, -0.25) is 0 Å². The van der Waals surface area contributed by atoms with Gasteiger partial charge in [0, 0.05) is 0 Å². The summed E-state index contributed by atoms with van der Waals surface area (Å²) in [6.45, 7) is 1.94. The fraction of sp³-hybridized carbons (Fsp3) is 0.125. The van der Waals surface area contributed by atoms with E-state index in [1.165, 1.54) is 0 Å². The average molecular weight is 184 g/mol. The number of nitrogens with two attached hydrogens (primary N) is 2. The minimum atomic E-state index is -1.83. The van der Waals surface area contributed by atoms with Crippen LogP contribution in [0.15, 0.2) is 18.2 Å². The number of rotatable bonds is 0. The van der Waals surface area contributed by atoms with Crippen LogP contribution in [0, 0.1) is 6.92 Å². The number of hydrogen-bond acceptors (Lipinski definition) is 3. The Bertz CT molecular complexity index is 275. The number of carboxylic acid groups (broad SMARTS) is 2. The molecule has 0 bridgehead atoms. The molecule has 13 heavy (non-hydrogen) atoms. The zero-order chi connectivity index (χ0) is 10.4. The van der Waals surface area contributed by atoms with Gasteiger partial charge in [0.15, 0.2) is 0 Å². The molecule has 6 N–H and O–H groups in total. The highest BCUT2D eigenvalue weighted by Gasteiger charge is 1.93. The lowest BCUT2D eigenvalue weighted by Gasteiger charge is -2.00. The molecule has 0 heterocycles. The summed E-state index contributed by atoms with van der Waals surface area (Å²) in [5.41, 5.74) is 13.4. The van der Waals surface area contributed by atoms with E-state index in [4.69, 9.17) is 26.5 Å². The van der Waals surface area contributed by atoms with Crippen LogP contribution < -0.4 is 11.5 Å². The molecular weight excluding hydrogens is 172 g/mol. The number of hydrogen-bond donors (Lipinski definition) is 4. The molecule has 0 radical (unpaired) electrons. The van der Waals surface area contributed by atoms with Crippen molar-refractivity contribution >= 4 is 17.5 Å². The van der Waals surface area contributed by atoms with Crippen LogP contribution in [0.2, 0.25) is 0 Å². The molecule has 1 aromatic rings. The van der Waals surface area contributed by atoms with Gasteiger partial charge in [0.25, 0.3) is 0 Å². The van der Waals surface area contributed by atoms with Gasteiger partial charge in [0.1, 0.15) is 0 Å². The second-order valence-electron chi connectivity index (χ2n) is 2.36. The largest absolute Gasteiger partial charge is 0.503 e. The lowest BCUT2D eigenvalue weighted by atomic mass is 10.2. The van der Waals surface area contributed by atoms with Gasteiger partial charge >= 0.3 is 6.16 Å². The summed E-state index contributed by atoms with van der Waals surface area (Å²) in [6.07, 6.45) is -1.83. The van der Waals surface area contributed by atoms with E-state index in [0.29, 0.717) is 11.4 Å². The molecule has 0 atom stereocenters. The van der Waals surface area contributed by atoms with Crippen LogP contribution in [0.1, 0.15) is 5.56 Å². The van der Waals surface area contributed by atoms with E-state index in [1.54, 1.807) is 6.07 Å². The number of benzene rings is 1. The fourth-order valence-electron chi connectivity index (χ4n) is 0.703. The Morgan fingerprint density at radius 1 is 1.31 bits per heavy atom. The van der Waals surface area contributed by atoms with Gasteiger partial charge in [-0.05, 0) is 18.6 Å². The maximum atomic E-state index is 8.56. The molecule has 0 aromatic heterocycles. The van der Waals surface area contributed by atoms with E-state index < -0.39 is 6.16 Å². The minimum Gasteiger partial charge on any atom is -0.450 e. The highest BCUT2D eigenvalue weighted by molar-refractivity contribution is 5.66. The second-order valence-corrected chi connectivity index (χ2v) is 2.36. The van der Waals surface area contributed by atoms with E-state index in [2.05, 4.69) is 0 Å². The van der Waals surface area contributed by atoms with Crippen molar-refractivity contribution in [3.05, 3.63) is 23.8 Å². The fourth-order valence-corrected chi connectivity index (χ4v) is 0.703. The topological polar surface area (TPSA) is 110 Å². The van der Waals surface area contributed by atoms with Crippen LogP contribution in [0.4, 0.5) is 16.2 Å². The van der Waals surface area contributed by atoms with Gasteiger partial charge in [0.2, 0.25) is 0 Å². The molecule has 5 nitrogen and oxygen atoms in total. The van der Waals surface area contributed by atoms with Crippen molar-refractivity contribution in [2.45, 2.75) is 6.92 Å². The highest BCUT2D eigenvalue weighted by atomic mass is 16.6. The van der Waals surface area contributed by atoms with E-state index in [9.17, 15) is 0 Å². The number of aryl methyl sites for hydroxylation is 1. The standard InChI is InChI=1S/C7H10N2.CH2O3/c1-5-3-2-4-6(8)7(5)9;2-1(3)4/h2-4H,8-9H2,1H3;(H2,2,3,4). The normalized spacial score (nSPS) is 8.38. The Balaban J connectivity index is 0.000000310. The van der Waals surface area contributed by atoms with E-state index in [1.807, 2.05) is 19.1 Å². The SMILES string of the molecule is Cc1cccc(N)c1N.O=C(O)O. The molecule has 72 valence electrons.